The Kier molecular flexibility index (Phi) is 10.4. The normalized spacial score (nSPS) is 31.8. The predicted molar refractivity (Wildman–Crippen MR) is 181 cm³/mol. The van der Waals surface area contributed by atoms with Crippen molar-refractivity contribution in [2.24, 2.45) is 23.2 Å². The molecular formula is C36H64O3Si2. The first kappa shape index (κ1) is 34.7. The minimum Gasteiger partial charge on any atom is -0.410 e. The van der Waals surface area contributed by atoms with Gasteiger partial charge in [0.1, 0.15) is 5.78 Å². The zero-order valence-electron chi connectivity index (χ0n) is 29.1. The topological polar surface area (TPSA) is 35.5 Å². The molecule has 3 aliphatic rings. The molecule has 3 aliphatic carbocycles. The molecule has 3 nitrogen and oxygen atoms in total. The zero-order chi connectivity index (χ0) is 31.2. The molecular weight excluding hydrogens is 537 g/mol. The second-order valence-corrected chi connectivity index (χ2v) is 26.8. The first-order valence-electron chi connectivity index (χ1n) is 16.5. The number of Topliss-reactive ketones (excluding diaryl/α,β-unsaturated/α-hetero) is 1. The highest BCUT2D eigenvalue weighted by atomic mass is 28.4. The summed E-state index contributed by atoms with van der Waals surface area (Å²) in [5, 5.41) is 0.301. The van der Waals surface area contributed by atoms with Crippen LogP contribution in [0.4, 0.5) is 0 Å². The van der Waals surface area contributed by atoms with Gasteiger partial charge in [0.05, 0.1) is 12.2 Å². The van der Waals surface area contributed by atoms with Gasteiger partial charge in [-0.2, -0.15) is 0 Å². The summed E-state index contributed by atoms with van der Waals surface area (Å²) in [6.07, 6.45) is 13.8. The molecule has 0 aromatic heterocycles. The summed E-state index contributed by atoms with van der Waals surface area (Å²) in [6.45, 7) is 34.6. The summed E-state index contributed by atoms with van der Waals surface area (Å²) in [4.78, 5) is 11.9. The standard InChI is InChI=1S/C36H64O3Si2/c1-25(22-26(2)37)30-19-20-31-29(16-15-21-36(30,31)10)18-17-28-23-32(38-40(11,12)34(4,5)6)27(3)33(24-28)39-41(13,14)35(7,8)9/h17-18,25,30-33H,3,15-16,19-24H2,1-2,4-14H3/t25-,30?,31?,32-,33-,36-/m1/s1. The van der Waals surface area contributed by atoms with Gasteiger partial charge in [0.2, 0.25) is 0 Å². The van der Waals surface area contributed by atoms with E-state index in [2.05, 4.69) is 100 Å². The molecule has 3 fully saturated rings. The van der Waals surface area contributed by atoms with Crippen LogP contribution < -0.4 is 0 Å². The maximum Gasteiger partial charge on any atom is 0.192 e. The minimum atomic E-state index is -1.97. The average Bonchev–Trinajstić information content (AvgIpc) is 3.15. The molecule has 0 radical (unpaired) electrons. The van der Waals surface area contributed by atoms with Crippen LogP contribution in [0.3, 0.4) is 0 Å². The van der Waals surface area contributed by atoms with Crippen LogP contribution in [0.2, 0.25) is 36.3 Å². The van der Waals surface area contributed by atoms with Crippen molar-refractivity contribution in [1.29, 1.82) is 0 Å². The van der Waals surface area contributed by atoms with Crippen molar-refractivity contribution < 1.29 is 13.6 Å². The van der Waals surface area contributed by atoms with Gasteiger partial charge in [-0.15, -0.1) is 0 Å². The lowest BCUT2D eigenvalue weighted by Gasteiger charge is -2.46. The van der Waals surface area contributed by atoms with Gasteiger partial charge in [0.15, 0.2) is 16.6 Å². The first-order chi connectivity index (χ1) is 18.6. The van der Waals surface area contributed by atoms with Crippen LogP contribution >= 0.6 is 0 Å². The highest BCUT2D eigenvalue weighted by Gasteiger charge is 2.51. The first-order valence-corrected chi connectivity index (χ1v) is 22.3. The molecule has 0 aromatic rings. The Balaban J connectivity index is 1.91. The van der Waals surface area contributed by atoms with E-state index in [1.807, 2.05) is 0 Å². The van der Waals surface area contributed by atoms with Gasteiger partial charge in [-0.3, -0.25) is 0 Å². The third kappa shape index (κ3) is 7.67. The molecule has 0 saturated heterocycles. The molecule has 41 heavy (non-hydrogen) atoms. The maximum atomic E-state index is 11.9. The molecule has 3 rings (SSSR count). The number of hydrogen-bond donors (Lipinski definition) is 0. The van der Waals surface area contributed by atoms with Gasteiger partial charge in [0, 0.05) is 6.42 Å². The van der Waals surface area contributed by atoms with Crippen molar-refractivity contribution in [2.75, 3.05) is 0 Å². The van der Waals surface area contributed by atoms with Crippen LogP contribution in [-0.2, 0) is 13.6 Å². The summed E-state index contributed by atoms with van der Waals surface area (Å²) < 4.78 is 14.1. The Labute approximate surface area is 256 Å². The second kappa shape index (κ2) is 12.3. The number of carbonyl (C=O) groups excluding carboxylic acids is 1. The molecule has 0 heterocycles. The summed E-state index contributed by atoms with van der Waals surface area (Å²) >= 11 is 0. The van der Waals surface area contributed by atoms with Crippen LogP contribution in [0.1, 0.15) is 114 Å². The molecule has 3 saturated carbocycles. The van der Waals surface area contributed by atoms with E-state index in [0.29, 0.717) is 29.0 Å². The lowest BCUT2D eigenvalue weighted by Crippen LogP contribution is -2.49. The van der Waals surface area contributed by atoms with Crippen molar-refractivity contribution in [1.82, 2.24) is 0 Å². The highest BCUT2D eigenvalue weighted by Crippen LogP contribution is 2.60. The van der Waals surface area contributed by atoms with E-state index in [1.54, 1.807) is 12.5 Å². The maximum absolute atomic E-state index is 11.9. The van der Waals surface area contributed by atoms with Crippen LogP contribution in [-0.4, -0.2) is 34.6 Å². The van der Waals surface area contributed by atoms with Crippen molar-refractivity contribution in [3.8, 4) is 0 Å². The number of ketones is 1. The Morgan fingerprint density at radius 2 is 1.49 bits per heavy atom. The van der Waals surface area contributed by atoms with E-state index in [-0.39, 0.29) is 22.3 Å². The Hall–Kier alpha value is -0.756. The SMILES string of the molecule is C=C1[C@H](O[Si](C)(C)C(C)(C)C)CC(=CC=C2CCC[C@@]3(C)C2CCC3[C@H](C)CC(C)=O)C[C@H]1O[Si](C)(C)C(C)(C)C. The van der Waals surface area contributed by atoms with Gasteiger partial charge in [-0.25, -0.2) is 0 Å². The largest absolute Gasteiger partial charge is 0.410 e. The van der Waals surface area contributed by atoms with Crippen molar-refractivity contribution in [2.45, 2.75) is 162 Å². The molecule has 234 valence electrons. The van der Waals surface area contributed by atoms with Crippen molar-refractivity contribution in [3.63, 3.8) is 0 Å². The molecule has 5 heteroatoms. The summed E-state index contributed by atoms with van der Waals surface area (Å²) in [7, 11) is -3.95. The minimum absolute atomic E-state index is 0.0176. The van der Waals surface area contributed by atoms with Gasteiger partial charge < -0.3 is 13.6 Å². The Bertz CT molecular complexity index is 996. The summed E-state index contributed by atoms with van der Waals surface area (Å²) in [5.41, 5.74) is 4.55. The third-order valence-electron chi connectivity index (χ3n) is 12.1. The van der Waals surface area contributed by atoms with Gasteiger partial charge in [-0.1, -0.05) is 85.3 Å². The fourth-order valence-electron chi connectivity index (χ4n) is 7.50. The Morgan fingerprint density at radius 1 is 0.976 bits per heavy atom. The van der Waals surface area contributed by atoms with Crippen LogP contribution in [0.25, 0.3) is 0 Å². The van der Waals surface area contributed by atoms with Gasteiger partial charge in [-0.05, 0) is 117 Å². The van der Waals surface area contributed by atoms with Gasteiger partial charge >= 0.3 is 0 Å². The smallest absolute Gasteiger partial charge is 0.192 e. The molecule has 0 bridgehead atoms. The quantitative estimate of drug-likeness (QED) is 0.205. The number of fused-ring (bicyclic) bond motifs is 1. The number of allylic oxidation sites excluding steroid dienone is 3. The number of rotatable bonds is 8. The Morgan fingerprint density at radius 3 is 1.95 bits per heavy atom. The average molecular weight is 601 g/mol. The van der Waals surface area contributed by atoms with Crippen LogP contribution in [0, 0.1) is 23.2 Å². The predicted octanol–water partition coefficient (Wildman–Crippen LogP) is 10.8. The van der Waals surface area contributed by atoms with E-state index < -0.39 is 16.6 Å². The van der Waals surface area contributed by atoms with Crippen molar-refractivity contribution in [3.05, 3.63) is 35.5 Å². The lowest BCUT2D eigenvalue weighted by molar-refractivity contribution is -0.118. The second-order valence-electron chi connectivity index (χ2n) is 17.3. The molecule has 2 unspecified atom stereocenters. The van der Waals surface area contributed by atoms with Crippen molar-refractivity contribution >= 4 is 22.4 Å². The van der Waals surface area contributed by atoms with E-state index in [4.69, 9.17) is 8.85 Å². The zero-order valence-corrected chi connectivity index (χ0v) is 31.1. The molecule has 0 N–H and O–H groups in total. The van der Waals surface area contributed by atoms with Gasteiger partial charge in [0.25, 0.3) is 0 Å². The van der Waals surface area contributed by atoms with E-state index in [9.17, 15) is 4.79 Å². The molecule has 0 aromatic carbocycles. The third-order valence-corrected chi connectivity index (χ3v) is 21.0. The molecule has 0 amide bonds. The summed E-state index contributed by atoms with van der Waals surface area (Å²) in [5.74, 6) is 2.11. The van der Waals surface area contributed by atoms with Crippen LogP contribution in [0.5, 0.6) is 0 Å². The van der Waals surface area contributed by atoms with E-state index >= 15 is 0 Å². The number of carbonyl (C=O) groups is 1. The monoisotopic (exact) mass is 600 g/mol. The highest BCUT2D eigenvalue weighted by molar-refractivity contribution is 6.74. The molecule has 0 spiro atoms. The summed E-state index contributed by atoms with van der Waals surface area (Å²) in [6, 6.07) is 0. The molecule has 6 atom stereocenters. The van der Waals surface area contributed by atoms with Crippen LogP contribution in [0.15, 0.2) is 35.5 Å². The fourth-order valence-corrected chi connectivity index (χ4v) is 10.1. The van der Waals surface area contributed by atoms with E-state index in [1.165, 1.54) is 37.7 Å². The number of hydrogen-bond acceptors (Lipinski definition) is 3. The molecule has 0 aliphatic heterocycles. The fraction of sp³-hybridized carbons (Fsp3) is 0.806. The lowest BCUT2D eigenvalue weighted by atomic mass is 9.60. The van der Waals surface area contributed by atoms with E-state index in [0.717, 1.165) is 24.8 Å².